The summed E-state index contributed by atoms with van der Waals surface area (Å²) in [6.45, 7) is -0.173. The molecule has 2 rings (SSSR count). The van der Waals surface area contributed by atoms with Crippen molar-refractivity contribution in [1.82, 2.24) is 0 Å². The van der Waals surface area contributed by atoms with Crippen LogP contribution in [0.15, 0.2) is 30.3 Å². The highest BCUT2D eigenvalue weighted by atomic mass is 35.5. The third-order valence-corrected chi connectivity index (χ3v) is 3.02. The summed E-state index contributed by atoms with van der Waals surface area (Å²) in [6.07, 6.45) is 0. The van der Waals surface area contributed by atoms with Gasteiger partial charge in [-0.2, -0.15) is 4.39 Å². The standard InChI is InChI=1S/C13H8ClF3N2O2/c14-9-2-1-8(4-11(9)16)18-6-7-3-13(19(20)21)12(17)5-10(7)15/h1-5,18H,6H2. The molecule has 4 nitrogen and oxygen atoms in total. The molecule has 8 heteroatoms. The maximum atomic E-state index is 13.5. The van der Waals surface area contributed by atoms with E-state index in [1.807, 2.05) is 0 Å². The molecule has 0 aliphatic carbocycles. The van der Waals surface area contributed by atoms with Crippen LogP contribution in [0.5, 0.6) is 0 Å². The summed E-state index contributed by atoms with van der Waals surface area (Å²) >= 11 is 5.52. The molecule has 110 valence electrons. The second-order valence-electron chi connectivity index (χ2n) is 4.13. The first-order valence-corrected chi connectivity index (χ1v) is 6.07. The van der Waals surface area contributed by atoms with E-state index < -0.39 is 28.1 Å². The highest BCUT2D eigenvalue weighted by molar-refractivity contribution is 6.30. The Kier molecular flexibility index (Phi) is 4.32. The van der Waals surface area contributed by atoms with Crippen LogP contribution in [-0.2, 0) is 6.54 Å². The van der Waals surface area contributed by atoms with E-state index in [0.29, 0.717) is 11.8 Å². The Morgan fingerprint density at radius 1 is 1.10 bits per heavy atom. The summed E-state index contributed by atoms with van der Waals surface area (Å²) in [4.78, 5) is 9.66. The Morgan fingerprint density at radius 2 is 1.81 bits per heavy atom. The average molecular weight is 317 g/mol. The quantitative estimate of drug-likeness (QED) is 0.676. The van der Waals surface area contributed by atoms with Gasteiger partial charge in [-0.3, -0.25) is 10.1 Å². The highest BCUT2D eigenvalue weighted by Crippen LogP contribution is 2.23. The normalized spacial score (nSPS) is 10.5. The largest absolute Gasteiger partial charge is 0.381 e. The Labute approximate surface area is 122 Å². The second-order valence-corrected chi connectivity index (χ2v) is 4.54. The molecule has 0 atom stereocenters. The lowest BCUT2D eigenvalue weighted by Crippen LogP contribution is -2.04. The smallest absolute Gasteiger partial charge is 0.305 e. The summed E-state index contributed by atoms with van der Waals surface area (Å²) in [7, 11) is 0. The molecule has 0 unspecified atom stereocenters. The Bertz CT molecular complexity index is 710. The monoisotopic (exact) mass is 316 g/mol. The fraction of sp³-hybridized carbons (Fsp3) is 0.0769. The van der Waals surface area contributed by atoms with Gasteiger partial charge in [0.15, 0.2) is 0 Å². The van der Waals surface area contributed by atoms with Crippen molar-refractivity contribution in [3.63, 3.8) is 0 Å². The minimum atomic E-state index is -1.25. The van der Waals surface area contributed by atoms with Gasteiger partial charge in [-0.05, 0) is 18.2 Å². The van der Waals surface area contributed by atoms with Gasteiger partial charge in [0.2, 0.25) is 5.82 Å². The van der Waals surface area contributed by atoms with Crippen LogP contribution >= 0.6 is 11.6 Å². The van der Waals surface area contributed by atoms with Gasteiger partial charge in [-0.25, -0.2) is 8.78 Å². The summed E-state index contributed by atoms with van der Waals surface area (Å²) in [5, 5.41) is 13.2. The first-order chi connectivity index (χ1) is 9.88. The number of rotatable bonds is 4. The summed E-state index contributed by atoms with van der Waals surface area (Å²) < 4.78 is 39.9. The van der Waals surface area contributed by atoms with Gasteiger partial charge in [-0.15, -0.1) is 0 Å². The molecule has 0 saturated carbocycles. The number of hydrogen-bond donors (Lipinski definition) is 1. The molecule has 0 aliphatic rings. The van der Waals surface area contributed by atoms with Gasteiger partial charge in [0.25, 0.3) is 0 Å². The zero-order chi connectivity index (χ0) is 15.6. The number of hydrogen-bond acceptors (Lipinski definition) is 3. The second kappa shape index (κ2) is 6.01. The van der Waals surface area contributed by atoms with Gasteiger partial charge in [0.05, 0.1) is 9.95 Å². The van der Waals surface area contributed by atoms with Gasteiger partial charge in [0.1, 0.15) is 11.6 Å². The van der Waals surface area contributed by atoms with Crippen LogP contribution in [0.4, 0.5) is 24.5 Å². The molecular formula is C13H8ClF3N2O2. The number of nitrogens with one attached hydrogen (secondary N) is 1. The van der Waals surface area contributed by atoms with Crippen LogP contribution in [-0.4, -0.2) is 4.92 Å². The average Bonchev–Trinajstić information content (AvgIpc) is 2.41. The first kappa shape index (κ1) is 15.1. The lowest BCUT2D eigenvalue weighted by Gasteiger charge is -2.08. The van der Waals surface area contributed by atoms with Gasteiger partial charge >= 0.3 is 5.69 Å². The Morgan fingerprint density at radius 3 is 2.43 bits per heavy atom. The van der Waals surface area contributed by atoms with Crippen molar-refractivity contribution in [2.45, 2.75) is 6.54 Å². The first-order valence-electron chi connectivity index (χ1n) is 5.69. The van der Waals surface area contributed by atoms with Crippen LogP contribution in [0.2, 0.25) is 5.02 Å². The van der Waals surface area contributed by atoms with Crippen molar-refractivity contribution in [2.24, 2.45) is 0 Å². The molecule has 2 aromatic rings. The van der Waals surface area contributed by atoms with E-state index in [9.17, 15) is 23.3 Å². The van der Waals surface area contributed by atoms with Crippen LogP contribution in [0.1, 0.15) is 5.56 Å². The predicted molar refractivity (Wildman–Crippen MR) is 71.7 cm³/mol. The van der Waals surface area contributed by atoms with Crippen molar-refractivity contribution in [2.75, 3.05) is 5.32 Å². The fourth-order valence-electron chi connectivity index (χ4n) is 1.66. The van der Waals surface area contributed by atoms with Crippen molar-refractivity contribution in [3.05, 3.63) is 68.5 Å². The number of nitrogens with zero attached hydrogens (tertiary/aromatic N) is 1. The molecule has 1 N–H and O–H groups in total. The molecular weight excluding hydrogens is 309 g/mol. The number of halogens is 4. The van der Waals surface area contributed by atoms with Crippen molar-refractivity contribution in [1.29, 1.82) is 0 Å². The maximum absolute atomic E-state index is 13.5. The molecule has 0 radical (unpaired) electrons. The molecule has 0 aromatic heterocycles. The molecule has 2 aromatic carbocycles. The minimum absolute atomic E-state index is 0.0656. The van der Waals surface area contributed by atoms with Gasteiger partial charge < -0.3 is 5.32 Å². The third-order valence-electron chi connectivity index (χ3n) is 2.72. The molecule has 0 bridgehead atoms. The van der Waals surface area contributed by atoms with E-state index in [4.69, 9.17) is 11.6 Å². The van der Waals surface area contributed by atoms with Crippen LogP contribution in [0.3, 0.4) is 0 Å². The Balaban J connectivity index is 2.21. The van der Waals surface area contributed by atoms with E-state index in [0.717, 1.165) is 12.1 Å². The van der Waals surface area contributed by atoms with Crippen molar-refractivity contribution in [3.8, 4) is 0 Å². The predicted octanol–water partition coefficient (Wildman–Crippen LogP) is 4.28. The number of nitro benzene ring substituents is 1. The number of nitro groups is 1. The molecule has 0 heterocycles. The van der Waals surface area contributed by atoms with Crippen LogP contribution < -0.4 is 5.32 Å². The molecule has 0 aliphatic heterocycles. The summed E-state index contributed by atoms with van der Waals surface area (Å²) in [5.74, 6) is -2.84. The Hall–Kier alpha value is -2.28. The minimum Gasteiger partial charge on any atom is -0.381 e. The molecule has 0 spiro atoms. The summed E-state index contributed by atoms with van der Waals surface area (Å²) in [5.41, 5.74) is -0.628. The highest BCUT2D eigenvalue weighted by Gasteiger charge is 2.18. The van der Waals surface area contributed by atoms with Gasteiger partial charge in [0, 0.05) is 29.9 Å². The maximum Gasteiger partial charge on any atom is 0.305 e. The van der Waals surface area contributed by atoms with Crippen molar-refractivity contribution >= 4 is 23.0 Å². The lowest BCUT2D eigenvalue weighted by atomic mass is 10.1. The van der Waals surface area contributed by atoms with E-state index in [1.54, 1.807) is 0 Å². The summed E-state index contributed by atoms with van der Waals surface area (Å²) in [6, 6.07) is 5.10. The molecule has 0 saturated heterocycles. The zero-order valence-corrected chi connectivity index (χ0v) is 11.1. The van der Waals surface area contributed by atoms with Crippen molar-refractivity contribution < 1.29 is 18.1 Å². The third kappa shape index (κ3) is 3.43. The van der Waals surface area contributed by atoms with E-state index in [1.165, 1.54) is 12.1 Å². The molecule has 0 amide bonds. The van der Waals surface area contributed by atoms with E-state index >= 15 is 0 Å². The van der Waals surface area contributed by atoms with Crippen LogP contribution in [0, 0.1) is 27.6 Å². The van der Waals surface area contributed by atoms with E-state index in [-0.39, 0.29) is 17.1 Å². The van der Waals surface area contributed by atoms with E-state index in [2.05, 4.69) is 5.32 Å². The van der Waals surface area contributed by atoms with Gasteiger partial charge in [-0.1, -0.05) is 11.6 Å². The molecule has 21 heavy (non-hydrogen) atoms. The number of benzene rings is 2. The SMILES string of the molecule is O=[N+]([O-])c1cc(CNc2ccc(Cl)c(F)c2)c(F)cc1F. The lowest BCUT2D eigenvalue weighted by molar-refractivity contribution is -0.387. The zero-order valence-electron chi connectivity index (χ0n) is 10.4. The fourth-order valence-corrected chi connectivity index (χ4v) is 1.78. The van der Waals surface area contributed by atoms with Crippen LogP contribution in [0.25, 0.3) is 0 Å². The molecule has 0 fully saturated rings. The number of anilines is 1. The topological polar surface area (TPSA) is 55.2 Å².